The Balaban J connectivity index is 2.07. The fourth-order valence-corrected chi connectivity index (χ4v) is 1.61. The number of carbonyl (C=O) groups excluding carboxylic acids is 1. The van der Waals surface area contributed by atoms with E-state index in [-0.39, 0.29) is 17.2 Å². The first-order valence-corrected chi connectivity index (χ1v) is 5.37. The van der Waals surface area contributed by atoms with Crippen molar-refractivity contribution in [1.82, 2.24) is 19.9 Å². The summed E-state index contributed by atoms with van der Waals surface area (Å²) in [5.74, 6) is -0.277. The summed E-state index contributed by atoms with van der Waals surface area (Å²) in [5, 5.41) is 0. The minimum Gasteiger partial charge on any atom is -0.285 e. The number of aromatic nitrogens is 4. The van der Waals surface area contributed by atoms with Gasteiger partial charge in [0.2, 0.25) is 5.78 Å². The first-order chi connectivity index (χ1) is 8.84. The van der Waals surface area contributed by atoms with Crippen LogP contribution in [0.5, 0.6) is 0 Å². The molecule has 0 amide bonds. The topological polar surface area (TPSA) is 68.6 Å². The number of hydrogen-bond acceptors (Lipinski definition) is 5. The highest BCUT2D eigenvalue weighted by Crippen LogP contribution is 2.10. The predicted molar refractivity (Wildman–Crippen MR) is 65.0 cm³/mol. The number of para-hydroxylation sites is 2. The normalized spacial score (nSPS) is 10.4. The second-order valence-electron chi connectivity index (χ2n) is 3.66. The molecule has 1 aromatic carbocycles. The zero-order valence-corrected chi connectivity index (χ0v) is 9.32. The van der Waals surface area contributed by atoms with Gasteiger partial charge in [-0.3, -0.25) is 14.8 Å². The average Bonchev–Trinajstić information content (AvgIpc) is 2.47. The lowest BCUT2D eigenvalue weighted by Crippen LogP contribution is -2.07. The molecular weight excluding hydrogens is 228 g/mol. The van der Waals surface area contributed by atoms with Crippen LogP contribution in [-0.4, -0.2) is 25.7 Å². The molecule has 0 aliphatic heterocycles. The zero-order valence-electron chi connectivity index (χ0n) is 9.32. The van der Waals surface area contributed by atoms with Crippen molar-refractivity contribution in [2.75, 3.05) is 0 Å². The molecule has 0 saturated carbocycles. The molecule has 0 aliphatic rings. The summed E-state index contributed by atoms with van der Waals surface area (Å²) in [6, 6.07) is 7.39. The van der Waals surface area contributed by atoms with Gasteiger partial charge in [0.05, 0.1) is 23.4 Å². The second kappa shape index (κ2) is 4.29. The number of hydrogen-bond donors (Lipinski definition) is 0. The van der Waals surface area contributed by atoms with Crippen molar-refractivity contribution in [3.05, 3.63) is 60.4 Å². The molecular formula is C13H8N4O. The van der Waals surface area contributed by atoms with Crippen molar-refractivity contribution >= 4 is 16.8 Å². The molecule has 86 valence electrons. The van der Waals surface area contributed by atoms with Crippen LogP contribution in [0.3, 0.4) is 0 Å². The Morgan fingerprint density at radius 1 is 0.889 bits per heavy atom. The zero-order chi connectivity index (χ0) is 12.4. The van der Waals surface area contributed by atoms with Crippen LogP contribution in [-0.2, 0) is 0 Å². The van der Waals surface area contributed by atoms with Crippen molar-refractivity contribution in [3.8, 4) is 0 Å². The van der Waals surface area contributed by atoms with Crippen LogP contribution in [0.25, 0.3) is 11.0 Å². The third-order valence-corrected chi connectivity index (χ3v) is 2.48. The fraction of sp³-hybridized carbons (Fsp3) is 0. The Morgan fingerprint density at radius 2 is 1.72 bits per heavy atom. The second-order valence-corrected chi connectivity index (χ2v) is 3.66. The van der Waals surface area contributed by atoms with Crippen LogP contribution in [0.4, 0.5) is 0 Å². The Labute approximate surface area is 103 Å². The SMILES string of the molecule is O=C(c1cnccn1)c1cnc2ccccc2n1. The van der Waals surface area contributed by atoms with Crippen LogP contribution in [0, 0.1) is 0 Å². The maximum absolute atomic E-state index is 12.1. The molecule has 3 aromatic rings. The Hall–Kier alpha value is -2.69. The van der Waals surface area contributed by atoms with E-state index in [1.165, 1.54) is 24.8 Å². The number of carbonyl (C=O) groups is 1. The third-order valence-electron chi connectivity index (χ3n) is 2.48. The van der Waals surface area contributed by atoms with Gasteiger partial charge in [-0.1, -0.05) is 12.1 Å². The molecule has 0 radical (unpaired) electrons. The molecule has 5 nitrogen and oxygen atoms in total. The van der Waals surface area contributed by atoms with E-state index in [0.717, 1.165) is 5.52 Å². The molecule has 0 spiro atoms. The lowest BCUT2D eigenvalue weighted by molar-refractivity contribution is 0.102. The highest BCUT2D eigenvalue weighted by Gasteiger charge is 2.13. The average molecular weight is 236 g/mol. The van der Waals surface area contributed by atoms with Crippen molar-refractivity contribution < 1.29 is 4.79 Å². The summed E-state index contributed by atoms with van der Waals surface area (Å²) in [4.78, 5) is 28.4. The number of nitrogens with zero attached hydrogens (tertiary/aromatic N) is 4. The molecule has 0 N–H and O–H groups in total. The summed E-state index contributed by atoms with van der Waals surface area (Å²) >= 11 is 0. The number of benzene rings is 1. The van der Waals surface area contributed by atoms with Gasteiger partial charge in [0, 0.05) is 12.4 Å². The lowest BCUT2D eigenvalue weighted by atomic mass is 10.2. The van der Waals surface area contributed by atoms with Gasteiger partial charge >= 0.3 is 0 Å². The van der Waals surface area contributed by atoms with Crippen LogP contribution >= 0.6 is 0 Å². The van der Waals surface area contributed by atoms with E-state index in [1.807, 2.05) is 24.3 Å². The molecule has 5 heteroatoms. The molecule has 0 unspecified atom stereocenters. The van der Waals surface area contributed by atoms with Gasteiger partial charge in [-0.15, -0.1) is 0 Å². The summed E-state index contributed by atoms with van der Waals surface area (Å²) in [5.41, 5.74) is 1.98. The molecule has 0 bridgehead atoms. The molecule has 0 saturated heterocycles. The maximum atomic E-state index is 12.1. The predicted octanol–water partition coefficient (Wildman–Crippen LogP) is 1.65. The molecule has 0 fully saturated rings. The maximum Gasteiger partial charge on any atom is 0.232 e. The largest absolute Gasteiger partial charge is 0.285 e. The molecule has 0 atom stereocenters. The molecule has 2 heterocycles. The van der Waals surface area contributed by atoms with E-state index < -0.39 is 0 Å². The smallest absolute Gasteiger partial charge is 0.232 e. The highest BCUT2D eigenvalue weighted by molar-refractivity contribution is 6.06. The molecule has 18 heavy (non-hydrogen) atoms. The van der Waals surface area contributed by atoms with Crippen LogP contribution in [0.2, 0.25) is 0 Å². The van der Waals surface area contributed by atoms with Gasteiger partial charge < -0.3 is 0 Å². The number of fused-ring (bicyclic) bond motifs is 1. The summed E-state index contributed by atoms with van der Waals surface area (Å²) in [6.45, 7) is 0. The van der Waals surface area contributed by atoms with Crippen LogP contribution < -0.4 is 0 Å². The van der Waals surface area contributed by atoms with E-state index >= 15 is 0 Å². The third kappa shape index (κ3) is 1.82. The van der Waals surface area contributed by atoms with Crippen molar-refractivity contribution in [2.45, 2.75) is 0 Å². The van der Waals surface area contributed by atoms with Crippen molar-refractivity contribution in [3.63, 3.8) is 0 Å². The Bertz CT molecular complexity index is 712. The van der Waals surface area contributed by atoms with Crippen LogP contribution in [0.15, 0.2) is 49.1 Å². The van der Waals surface area contributed by atoms with E-state index in [2.05, 4.69) is 19.9 Å². The van der Waals surface area contributed by atoms with E-state index in [1.54, 1.807) is 0 Å². The first-order valence-electron chi connectivity index (χ1n) is 5.37. The monoisotopic (exact) mass is 236 g/mol. The van der Waals surface area contributed by atoms with Gasteiger partial charge in [0.25, 0.3) is 0 Å². The van der Waals surface area contributed by atoms with Gasteiger partial charge in [0.15, 0.2) is 0 Å². The fourth-order valence-electron chi connectivity index (χ4n) is 1.61. The van der Waals surface area contributed by atoms with E-state index in [0.29, 0.717) is 5.52 Å². The van der Waals surface area contributed by atoms with Gasteiger partial charge in [0.1, 0.15) is 11.4 Å². The minimum absolute atomic E-state index is 0.266. The quantitative estimate of drug-likeness (QED) is 0.633. The van der Waals surface area contributed by atoms with E-state index in [4.69, 9.17) is 0 Å². The van der Waals surface area contributed by atoms with Gasteiger partial charge in [-0.2, -0.15) is 0 Å². The Kier molecular flexibility index (Phi) is 2.49. The number of ketones is 1. The Morgan fingerprint density at radius 3 is 2.50 bits per heavy atom. The first kappa shape index (κ1) is 10.5. The summed E-state index contributed by atoms with van der Waals surface area (Å²) in [7, 11) is 0. The number of rotatable bonds is 2. The van der Waals surface area contributed by atoms with Gasteiger partial charge in [-0.25, -0.2) is 9.97 Å². The summed E-state index contributed by atoms with van der Waals surface area (Å²) < 4.78 is 0. The van der Waals surface area contributed by atoms with Crippen molar-refractivity contribution in [1.29, 1.82) is 0 Å². The summed E-state index contributed by atoms with van der Waals surface area (Å²) in [6.07, 6.45) is 5.86. The van der Waals surface area contributed by atoms with Crippen LogP contribution in [0.1, 0.15) is 16.2 Å². The molecule has 3 rings (SSSR count). The van der Waals surface area contributed by atoms with E-state index in [9.17, 15) is 4.79 Å². The van der Waals surface area contributed by atoms with Crippen molar-refractivity contribution in [2.24, 2.45) is 0 Å². The lowest BCUT2D eigenvalue weighted by Gasteiger charge is -2.00. The standard InChI is InChI=1S/C13H8N4O/c18-13(11-7-14-5-6-15-11)12-8-16-9-3-1-2-4-10(9)17-12/h1-8H. The molecule has 2 aromatic heterocycles. The minimum atomic E-state index is -0.277. The van der Waals surface area contributed by atoms with Gasteiger partial charge in [-0.05, 0) is 12.1 Å². The highest BCUT2D eigenvalue weighted by atomic mass is 16.1. The molecule has 0 aliphatic carbocycles.